The lowest BCUT2D eigenvalue weighted by molar-refractivity contribution is 0.0630. The molecule has 2 aromatic carbocycles. The Morgan fingerprint density at radius 3 is 1.88 bits per heavy atom. The second kappa shape index (κ2) is 8.61. The van der Waals surface area contributed by atoms with Gasteiger partial charge in [-0.1, -0.05) is 36.4 Å². The highest BCUT2D eigenvalue weighted by Gasteiger charge is 2.29. The fourth-order valence-corrected chi connectivity index (χ4v) is 5.27. The number of Topliss-reactive ketones (excluding diaryl/α,β-unsaturated/α-hetero) is 2. The molecule has 33 heavy (non-hydrogen) atoms. The smallest absolute Gasteiger partial charge is 0.179 e. The number of carbonyl (C=O) groups excluding carboxylic acids is 2. The van der Waals surface area contributed by atoms with E-state index < -0.39 is 0 Å². The van der Waals surface area contributed by atoms with E-state index in [4.69, 9.17) is 0 Å². The highest BCUT2D eigenvalue weighted by Crippen LogP contribution is 2.25. The van der Waals surface area contributed by atoms with Crippen molar-refractivity contribution in [1.82, 2.24) is 19.8 Å². The predicted molar refractivity (Wildman–Crippen MR) is 132 cm³/mol. The van der Waals surface area contributed by atoms with Crippen LogP contribution in [-0.4, -0.2) is 70.1 Å². The summed E-state index contributed by atoms with van der Waals surface area (Å²) in [6.07, 6.45) is 0. The minimum Gasteiger partial charge on any atom is -0.358 e. The molecule has 0 radical (unpaired) electrons. The van der Waals surface area contributed by atoms with Crippen molar-refractivity contribution < 1.29 is 9.59 Å². The number of aromatic amines is 2. The molecule has 2 aromatic heterocycles. The number of ketones is 2. The lowest BCUT2D eigenvalue weighted by Gasteiger charge is -2.39. The van der Waals surface area contributed by atoms with Gasteiger partial charge in [0.15, 0.2) is 11.6 Å². The fraction of sp³-hybridized carbons (Fsp3) is 0.333. The second-order valence-corrected chi connectivity index (χ2v) is 9.24. The number of nitrogens with one attached hydrogen (secondary N) is 2. The number of fused-ring (bicyclic) bond motifs is 2. The van der Waals surface area contributed by atoms with E-state index in [2.05, 4.69) is 26.7 Å². The van der Waals surface area contributed by atoms with Crippen LogP contribution in [0.4, 0.5) is 0 Å². The molecule has 0 aliphatic carbocycles. The number of nitrogens with zero attached hydrogens (tertiary/aromatic N) is 2. The summed E-state index contributed by atoms with van der Waals surface area (Å²) in [5.41, 5.74) is 5.44. The van der Waals surface area contributed by atoms with E-state index in [1.54, 1.807) is 0 Å². The molecule has 0 saturated carbocycles. The molecule has 2 N–H and O–H groups in total. The Morgan fingerprint density at radius 2 is 1.33 bits per heavy atom. The van der Waals surface area contributed by atoms with Crippen LogP contribution >= 0.6 is 0 Å². The summed E-state index contributed by atoms with van der Waals surface area (Å²) < 4.78 is 0. The number of hydrogen-bond acceptors (Lipinski definition) is 4. The number of aryl methyl sites for hydroxylation is 2. The van der Waals surface area contributed by atoms with Gasteiger partial charge >= 0.3 is 0 Å². The van der Waals surface area contributed by atoms with Crippen LogP contribution in [0.2, 0.25) is 0 Å². The lowest BCUT2D eigenvalue weighted by Crippen LogP contribution is -2.54. The number of carbonyl (C=O) groups is 2. The molecule has 4 aromatic rings. The lowest BCUT2D eigenvalue weighted by atomic mass is 10.0. The van der Waals surface area contributed by atoms with E-state index in [0.717, 1.165) is 64.0 Å². The largest absolute Gasteiger partial charge is 0.358 e. The van der Waals surface area contributed by atoms with Crippen molar-refractivity contribution in [3.8, 4) is 0 Å². The second-order valence-electron chi connectivity index (χ2n) is 9.24. The molecule has 0 spiro atoms. The Hall–Kier alpha value is -3.22. The molecule has 3 heterocycles. The third-order valence-electron chi connectivity index (χ3n) is 6.91. The van der Waals surface area contributed by atoms with Crippen molar-refractivity contribution in [1.29, 1.82) is 0 Å². The third-order valence-corrected chi connectivity index (χ3v) is 6.91. The quantitative estimate of drug-likeness (QED) is 0.436. The first-order valence-electron chi connectivity index (χ1n) is 11.6. The van der Waals surface area contributed by atoms with E-state index in [9.17, 15) is 9.59 Å². The summed E-state index contributed by atoms with van der Waals surface area (Å²) >= 11 is 0. The van der Waals surface area contributed by atoms with Crippen LogP contribution in [0.3, 0.4) is 0 Å². The van der Waals surface area contributed by atoms with E-state index >= 15 is 0 Å². The van der Waals surface area contributed by atoms with Crippen LogP contribution in [-0.2, 0) is 0 Å². The van der Waals surface area contributed by atoms with Gasteiger partial charge in [0.05, 0.1) is 13.1 Å². The maximum atomic E-state index is 13.2. The summed E-state index contributed by atoms with van der Waals surface area (Å²) in [5.74, 6) is 0.298. The SMILES string of the molecule is Cc1[nH]c2ccccc2c1C(=O)CN1CCN(CC(=O)c2c(C)[nH]c3ccccc23)C(C)C1. The molecule has 1 aliphatic heterocycles. The first-order chi connectivity index (χ1) is 15.9. The minimum absolute atomic E-state index is 0.149. The van der Waals surface area contributed by atoms with E-state index in [0.29, 0.717) is 13.1 Å². The van der Waals surface area contributed by atoms with Gasteiger partial charge in [-0.2, -0.15) is 0 Å². The van der Waals surface area contributed by atoms with Crippen LogP contribution in [0, 0.1) is 13.8 Å². The fourth-order valence-electron chi connectivity index (χ4n) is 5.27. The summed E-state index contributed by atoms with van der Waals surface area (Å²) in [6, 6.07) is 16.1. The van der Waals surface area contributed by atoms with Crippen molar-refractivity contribution in [2.45, 2.75) is 26.8 Å². The Bertz CT molecular complexity index is 1350. The van der Waals surface area contributed by atoms with Crippen molar-refractivity contribution in [3.05, 3.63) is 71.0 Å². The number of piperazine rings is 1. The number of rotatable bonds is 6. The van der Waals surface area contributed by atoms with E-state index in [-0.39, 0.29) is 17.6 Å². The Balaban J connectivity index is 1.24. The van der Waals surface area contributed by atoms with E-state index in [1.807, 2.05) is 62.4 Å². The molecule has 1 aliphatic rings. The number of benzene rings is 2. The summed E-state index contributed by atoms with van der Waals surface area (Å²) in [4.78, 5) is 37.5. The van der Waals surface area contributed by atoms with E-state index in [1.165, 1.54) is 0 Å². The Morgan fingerprint density at radius 1 is 0.818 bits per heavy atom. The van der Waals surface area contributed by atoms with Crippen LogP contribution in [0.1, 0.15) is 39.0 Å². The molecule has 1 fully saturated rings. The highest BCUT2D eigenvalue weighted by molar-refractivity contribution is 6.11. The highest BCUT2D eigenvalue weighted by atomic mass is 16.1. The van der Waals surface area contributed by atoms with Gasteiger partial charge in [-0.3, -0.25) is 19.4 Å². The summed E-state index contributed by atoms with van der Waals surface area (Å²) in [7, 11) is 0. The van der Waals surface area contributed by atoms with Crippen LogP contribution in [0.5, 0.6) is 0 Å². The van der Waals surface area contributed by atoms with Gasteiger partial charge in [-0.05, 0) is 32.9 Å². The van der Waals surface area contributed by atoms with Crippen LogP contribution in [0.25, 0.3) is 21.8 Å². The normalized spacial score (nSPS) is 17.7. The zero-order chi connectivity index (χ0) is 23.1. The maximum absolute atomic E-state index is 13.2. The molecule has 0 bridgehead atoms. The van der Waals surface area contributed by atoms with Crippen molar-refractivity contribution in [3.63, 3.8) is 0 Å². The first kappa shape index (κ1) is 21.6. The van der Waals surface area contributed by atoms with Gasteiger partial charge in [0.1, 0.15) is 0 Å². The van der Waals surface area contributed by atoms with Gasteiger partial charge in [0, 0.05) is 70.0 Å². The maximum Gasteiger partial charge on any atom is 0.179 e. The van der Waals surface area contributed by atoms with Crippen molar-refractivity contribution >= 4 is 33.4 Å². The van der Waals surface area contributed by atoms with Gasteiger partial charge < -0.3 is 9.97 Å². The number of para-hydroxylation sites is 2. The third kappa shape index (κ3) is 4.01. The molecule has 5 rings (SSSR count). The molecule has 1 saturated heterocycles. The molecule has 6 nitrogen and oxygen atoms in total. The first-order valence-corrected chi connectivity index (χ1v) is 11.6. The predicted octanol–water partition coefficient (Wildman–Crippen LogP) is 4.34. The van der Waals surface area contributed by atoms with Crippen molar-refractivity contribution in [2.75, 3.05) is 32.7 Å². The molecular formula is C27H30N4O2. The van der Waals surface area contributed by atoms with Gasteiger partial charge in [-0.25, -0.2) is 0 Å². The minimum atomic E-state index is 0.149. The van der Waals surface area contributed by atoms with Gasteiger partial charge in [0.2, 0.25) is 0 Å². The van der Waals surface area contributed by atoms with Gasteiger partial charge in [-0.15, -0.1) is 0 Å². The van der Waals surface area contributed by atoms with Crippen LogP contribution in [0.15, 0.2) is 48.5 Å². The Labute approximate surface area is 193 Å². The average molecular weight is 443 g/mol. The molecule has 6 heteroatoms. The molecular weight excluding hydrogens is 412 g/mol. The number of aromatic nitrogens is 2. The summed E-state index contributed by atoms with van der Waals surface area (Å²) in [5, 5.41) is 1.98. The number of hydrogen-bond donors (Lipinski definition) is 2. The van der Waals surface area contributed by atoms with Crippen molar-refractivity contribution in [2.24, 2.45) is 0 Å². The Kier molecular flexibility index (Phi) is 5.64. The zero-order valence-corrected chi connectivity index (χ0v) is 19.4. The standard InChI is InChI=1S/C27H30N4O2/c1-17-14-30(15-24(32)26-18(2)28-22-10-6-4-8-20(22)26)12-13-31(17)16-25(33)27-19(3)29-23-11-7-5-9-21(23)27/h4-11,17,28-29H,12-16H2,1-3H3. The number of H-pyrrole nitrogens is 2. The monoisotopic (exact) mass is 442 g/mol. The zero-order valence-electron chi connectivity index (χ0n) is 19.4. The molecule has 1 atom stereocenters. The molecule has 0 amide bonds. The topological polar surface area (TPSA) is 72.2 Å². The molecule has 1 unspecified atom stereocenters. The summed E-state index contributed by atoms with van der Waals surface area (Å²) in [6.45, 7) is 9.19. The van der Waals surface area contributed by atoms with Gasteiger partial charge in [0.25, 0.3) is 0 Å². The average Bonchev–Trinajstić information content (AvgIpc) is 3.30. The van der Waals surface area contributed by atoms with Crippen LogP contribution < -0.4 is 0 Å². The molecule has 170 valence electrons.